The Morgan fingerprint density at radius 2 is 1.88 bits per heavy atom. The number of benzene rings is 1. The van der Waals surface area contributed by atoms with E-state index < -0.39 is 27.4 Å². The second-order valence-electron chi connectivity index (χ2n) is 6.29. The maximum absolute atomic E-state index is 12.4. The molecule has 1 aromatic rings. The molecule has 0 fully saturated rings. The van der Waals surface area contributed by atoms with Crippen LogP contribution in [0.2, 0.25) is 0 Å². The van der Waals surface area contributed by atoms with Crippen LogP contribution in [-0.4, -0.2) is 79.5 Å². The fourth-order valence-electron chi connectivity index (χ4n) is 2.76. The molecule has 1 heterocycles. The zero-order valence-corrected chi connectivity index (χ0v) is 15.8. The Balaban J connectivity index is 2.70. The van der Waals surface area contributed by atoms with Crippen LogP contribution in [0, 0.1) is 0 Å². The highest BCUT2D eigenvalue weighted by Gasteiger charge is 2.53. The summed E-state index contributed by atoms with van der Waals surface area (Å²) in [5.74, 6) is -0.740. The van der Waals surface area contributed by atoms with Crippen molar-refractivity contribution < 1.29 is 28.3 Å². The molecule has 0 aromatic heterocycles. The third-order valence-corrected chi connectivity index (χ3v) is 5.28. The molecule has 0 spiro atoms. The molecule has 0 aliphatic carbocycles. The lowest BCUT2D eigenvalue weighted by Crippen LogP contribution is -2.58. The first-order valence-corrected chi connectivity index (χ1v) is 9.32. The molecule has 0 radical (unpaired) electrons. The van der Waals surface area contributed by atoms with E-state index in [-0.39, 0.29) is 15.7 Å². The molecule has 1 atom stereocenters. The number of hydroxylamine groups is 2. The van der Waals surface area contributed by atoms with E-state index in [0.717, 1.165) is 11.3 Å². The van der Waals surface area contributed by atoms with Crippen molar-refractivity contribution in [2.75, 3.05) is 32.3 Å². The lowest BCUT2D eigenvalue weighted by molar-refractivity contribution is -0.155. The van der Waals surface area contributed by atoms with Gasteiger partial charge in [0.2, 0.25) is 0 Å². The normalized spacial score (nSPS) is 20.2. The SMILES string of the molecule is CN1N=C(c2ccc(S(C)(=O)=O)c(N(C)C)c2)C(C)(N(O)C(=O)O)C1=O. The Morgan fingerprint density at radius 3 is 2.35 bits per heavy atom. The Kier molecular flexibility index (Phi) is 4.73. The molecule has 0 bridgehead atoms. The predicted octanol–water partition coefficient (Wildman–Crippen LogP) is 0.460. The molecular weight excluding hydrogens is 364 g/mol. The van der Waals surface area contributed by atoms with Gasteiger partial charge in [0.1, 0.15) is 5.71 Å². The number of likely N-dealkylation sites (N-methyl/N-ethyl adjacent to an activating group) is 1. The highest BCUT2D eigenvalue weighted by Crippen LogP contribution is 2.32. The fourth-order valence-corrected chi connectivity index (χ4v) is 3.69. The van der Waals surface area contributed by atoms with Gasteiger partial charge in [-0.15, -0.1) is 0 Å². The largest absolute Gasteiger partial charge is 0.463 e. The van der Waals surface area contributed by atoms with Gasteiger partial charge in [-0.3, -0.25) is 10.0 Å². The molecule has 2 rings (SSSR count). The summed E-state index contributed by atoms with van der Waals surface area (Å²) >= 11 is 0. The van der Waals surface area contributed by atoms with E-state index in [1.165, 1.54) is 32.2 Å². The Morgan fingerprint density at radius 1 is 1.31 bits per heavy atom. The molecule has 2 amide bonds. The molecule has 26 heavy (non-hydrogen) atoms. The summed E-state index contributed by atoms with van der Waals surface area (Å²) in [4.78, 5) is 25.3. The van der Waals surface area contributed by atoms with E-state index in [4.69, 9.17) is 5.11 Å². The van der Waals surface area contributed by atoms with Gasteiger partial charge in [0, 0.05) is 33.0 Å². The predicted molar refractivity (Wildman–Crippen MR) is 93.2 cm³/mol. The number of carbonyl (C=O) groups is 2. The lowest BCUT2D eigenvalue weighted by atomic mass is 9.89. The lowest BCUT2D eigenvalue weighted by Gasteiger charge is -2.30. The molecule has 2 N–H and O–H groups in total. The van der Waals surface area contributed by atoms with Crippen molar-refractivity contribution in [2.45, 2.75) is 17.4 Å². The van der Waals surface area contributed by atoms with Crippen LogP contribution in [-0.2, 0) is 14.6 Å². The van der Waals surface area contributed by atoms with Gasteiger partial charge in [0.05, 0.1) is 10.6 Å². The monoisotopic (exact) mass is 384 g/mol. The third-order valence-electron chi connectivity index (χ3n) is 4.14. The van der Waals surface area contributed by atoms with E-state index in [0.29, 0.717) is 11.3 Å². The average molecular weight is 384 g/mol. The van der Waals surface area contributed by atoms with Crippen molar-refractivity contribution in [1.29, 1.82) is 0 Å². The molecule has 10 nitrogen and oxygen atoms in total. The van der Waals surface area contributed by atoms with Gasteiger partial charge in [-0.2, -0.15) is 10.2 Å². The first-order valence-electron chi connectivity index (χ1n) is 7.43. The summed E-state index contributed by atoms with van der Waals surface area (Å²) < 4.78 is 23.9. The van der Waals surface area contributed by atoms with Crippen LogP contribution in [0.5, 0.6) is 0 Å². The highest BCUT2D eigenvalue weighted by molar-refractivity contribution is 7.90. The second-order valence-corrected chi connectivity index (χ2v) is 8.28. The average Bonchev–Trinajstić information content (AvgIpc) is 2.77. The topological polar surface area (TPSA) is 131 Å². The number of hydrazone groups is 1. The van der Waals surface area contributed by atoms with Crippen LogP contribution in [0.4, 0.5) is 10.5 Å². The van der Waals surface area contributed by atoms with Gasteiger partial charge in [0.25, 0.3) is 5.91 Å². The van der Waals surface area contributed by atoms with Crippen LogP contribution >= 0.6 is 0 Å². The van der Waals surface area contributed by atoms with E-state index in [2.05, 4.69) is 5.10 Å². The summed E-state index contributed by atoms with van der Waals surface area (Å²) in [5.41, 5.74) is -1.33. The number of nitrogens with zero attached hydrogens (tertiary/aromatic N) is 4. The van der Waals surface area contributed by atoms with Crippen molar-refractivity contribution in [3.63, 3.8) is 0 Å². The molecule has 0 saturated heterocycles. The first kappa shape index (κ1) is 19.7. The molecule has 0 saturated carbocycles. The summed E-state index contributed by atoms with van der Waals surface area (Å²) in [6.45, 7) is 1.23. The molecular formula is C15H20N4O6S. The second kappa shape index (κ2) is 6.25. The minimum Gasteiger partial charge on any atom is -0.463 e. The molecule has 1 aliphatic rings. The summed E-state index contributed by atoms with van der Waals surface area (Å²) in [6.07, 6.45) is -0.645. The van der Waals surface area contributed by atoms with Gasteiger partial charge in [-0.05, 0) is 19.1 Å². The van der Waals surface area contributed by atoms with Crippen LogP contribution in [0.3, 0.4) is 0 Å². The van der Waals surface area contributed by atoms with E-state index in [9.17, 15) is 23.2 Å². The van der Waals surface area contributed by atoms with Crippen LogP contribution in [0.15, 0.2) is 28.2 Å². The maximum Gasteiger partial charge on any atom is 0.432 e. The molecule has 11 heteroatoms. The fraction of sp³-hybridized carbons (Fsp3) is 0.400. The molecule has 1 aromatic carbocycles. The number of amides is 2. The number of hydrogen-bond donors (Lipinski definition) is 2. The molecule has 142 valence electrons. The van der Waals surface area contributed by atoms with Crippen molar-refractivity contribution >= 4 is 33.2 Å². The van der Waals surface area contributed by atoms with Crippen molar-refractivity contribution in [3.05, 3.63) is 23.8 Å². The van der Waals surface area contributed by atoms with E-state index in [1.807, 2.05) is 0 Å². The number of hydrogen-bond acceptors (Lipinski definition) is 7. The Bertz CT molecular complexity index is 911. The van der Waals surface area contributed by atoms with E-state index >= 15 is 0 Å². The summed E-state index contributed by atoms with van der Waals surface area (Å²) in [7, 11) is 1.12. The third kappa shape index (κ3) is 2.99. The summed E-state index contributed by atoms with van der Waals surface area (Å²) in [6, 6.07) is 4.26. The van der Waals surface area contributed by atoms with Gasteiger partial charge < -0.3 is 10.0 Å². The van der Waals surface area contributed by atoms with Crippen LogP contribution in [0.25, 0.3) is 0 Å². The van der Waals surface area contributed by atoms with Crippen molar-refractivity contribution in [3.8, 4) is 0 Å². The Hall–Kier alpha value is -2.66. The standard InChI is InChI=1S/C15H20N4O6S/c1-15(19(23)14(21)22)12(16-18(4)13(15)20)9-6-7-11(26(5,24)25)10(8-9)17(2)3/h6-8,23H,1-5H3,(H,21,22). The zero-order chi connectivity index (χ0) is 20.0. The van der Waals surface area contributed by atoms with Gasteiger partial charge in [-0.1, -0.05) is 6.07 Å². The first-order chi connectivity index (χ1) is 11.8. The van der Waals surface area contributed by atoms with Gasteiger partial charge in [0.15, 0.2) is 15.4 Å². The smallest absolute Gasteiger partial charge is 0.432 e. The quantitative estimate of drug-likeness (QED) is 0.569. The highest BCUT2D eigenvalue weighted by atomic mass is 32.2. The van der Waals surface area contributed by atoms with E-state index in [1.54, 1.807) is 19.0 Å². The number of anilines is 1. The van der Waals surface area contributed by atoms with Crippen LogP contribution < -0.4 is 4.90 Å². The number of rotatable bonds is 4. The number of sulfone groups is 1. The Labute approximate surface area is 150 Å². The van der Waals surface area contributed by atoms with Gasteiger partial charge in [-0.25, -0.2) is 18.2 Å². The number of carbonyl (C=O) groups excluding carboxylic acids is 1. The molecule has 1 aliphatic heterocycles. The zero-order valence-electron chi connectivity index (χ0n) is 15.0. The van der Waals surface area contributed by atoms with Crippen molar-refractivity contribution in [2.24, 2.45) is 5.10 Å². The minimum absolute atomic E-state index is 0.0157. The van der Waals surface area contributed by atoms with Gasteiger partial charge >= 0.3 is 6.09 Å². The molecule has 1 unspecified atom stereocenters. The number of carboxylic acid groups (broad SMARTS) is 1. The van der Waals surface area contributed by atoms with Crippen molar-refractivity contribution in [1.82, 2.24) is 10.1 Å². The maximum atomic E-state index is 12.4. The van der Waals surface area contributed by atoms with Crippen LogP contribution in [0.1, 0.15) is 12.5 Å². The summed E-state index contributed by atoms with van der Waals surface area (Å²) in [5, 5.41) is 24.0. The minimum atomic E-state index is -3.51.